The normalized spacial score (nSPS) is 13.7. The molecule has 0 bridgehead atoms. The second-order valence-electron chi connectivity index (χ2n) is 5.16. The van der Waals surface area contributed by atoms with E-state index in [1.807, 2.05) is 37.3 Å². The highest BCUT2D eigenvalue weighted by Gasteiger charge is 2.24. The Hall–Kier alpha value is -2.61. The smallest absolute Gasteiger partial charge is 0.352 e. The van der Waals surface area contributed by atoms with Crippen LogP contribution in [0.2, 0.25) is 0 Å². The molecular formula is C16H16N4O3S. The molecule has 0 spiro atoms. The van der Waals surface area contributed by atoms with Crippen molar-refractivity contribution in [2.75, 3.05) is 13.2 Å². The SMILES string of the molecule is CCc1nnsc1C(=O)OCC(=O)N1CCC(c2ccccc2)=N1. The summed E-state index contributed by atoms with van der Waals surface area (Å²) in [5.41, 5.74) is 2.44. The molecule has 1 aromatic carbocycles. The molecule has 0 fully saturated rings. The molecular weight excluding hydrogens is 328 g/mol. The predicted octanol–water partition coefficient (Wildman–Crippen LogP) is 1.89. The van der Waals surface area contributed by atoms with Gasteiger partial charge >= 0.3 is 5.97 Å². The van der Waals surface area contributed by atoms with Gasteiger partial charge in [-0.05, 0) is 23.5 Å². The van der Waals surface area contributed by atoms with Gasteiger partial charge in [-0.1, -0.05) is 41.7 Å². The highest BCUT2D eigenvalue weighted by molar-refractivity contribution is 7.07. The average molecular weight is 344 g/mol. The molecule has 24 heavy (non-hydrogen) atoms. The molecule has 7 nitrogen and oxygen atoms in total. The molecule has 1 aromatic heterocycles. The van der Waals surface area contributed by atoms with E-state index in [1.54, 1.807) is 0 Å². The summed E-state index contributed by atoms with van der Waals surface area (Å²) in [6.45, 7) is 2.02. The van der Waals surface area contributed by atoms with Crippen molar-refractivity contribution in [1.82, 2.24) is 14.6 Å². The van der Waals surface area contributed by atoms with E-state index in [9.17, 15) is 9.59 Å². The van der Waals surface area contributed by atoms with Gasteiger partial charge in [0.25, 0.3) is 5.91 Å². The van der Waals surface area contributed by atoms with Gasteiger partial charge in [0.1, 0.15) is 0 Å². The molecule has 8 heteroatoms. The molecule has 0 aliphatic carbocycles. The highest BCUT2D eigenvalue weighted by atomic mass is 32.1. The molecule has 2 aromatic rings. The lowest BCUT2D eigenvalue weighted by molar-refractivity contribution is -0.134. The van der Waals surface area contributed by atoms with Crippen LogP contribution < -0.4 is 0 Å². The number of carbonyl (C=O) groups excluding carboxylic acids is 2. The molecule has 0 radical (unpaired) electrons. The van der Waals surface area contributed by atoms with Gasteiger partial charge in [-0.25, -0.2) is 9.80 Å². The van der Waals surface area contributed by atoms with Crippen LogP contribution in [-0.2, 0) is 16.0 Å². The van der Waals surface area contributed by atoms with Crippen molar-refractivity contribution in [3.05, 3.63) is 46.5 Å². The molecule has 1 amide bonds. The van der Waals surface area contributed by atoms with Gasteiger partial charge in [-0.15, -0.1) is 5.10 Å². The quantitative estimate of drug-likeness (QED) is 0.773. The van der Waals surface area contributed by atoms with E-state index in [0.29, 0.717) is 30.0 Å². The molecule has 0 N–H and O–H groups in total. The fourth-order valence-corrected chi connectivity index (χ4v) is 2.98. The zero-order valence-corrected chi connectivity index (χ0v) is 14.0. The highest BCUT2D eigenvalue weighted by Crippen LogP contribution is 2.15. The number of hydrogen-bond acceptors (Lipinski definition) is 7. The van der Waals surface area contributed by atoms with Gasteiger partial charge in [-0.2, -0.15) is 5.10 Å². The molecule has 2 heterocycles. The number of rotatable bonds is 5. The number of hydrazone groups is 1. The lowest BCUT2D eigenvalue weighted by Crippen LogP contribution is -2.28. The van der Waals surface area contributed by atoms with Crippen LogP contribution in [0, 0.1) is 0 Å². The van der Waals surface area contributed by atoms with Crippen LogP contribution in [0.1, 0.15) is 34.3 Å². The Labute approximate surface area is 143 Å². The van der Waals surface area contributed by atoms with Crippen molar-refractivity contribution in [1.29, 1.82) is 0 Å². The summed E-state index contributed by atoms with van der Waals surface area (Å²) in [7, 11) is 0. The summed E-state index contributed by atoms with van der Waals surface area (Å²) in [6.07, 6.45) is 1.27. The molecule has 1 aliphatic rings. The first-order valence-electron chi connectivity index (χ1n) is 7.60. The number of hydrogen-bond donors (Lipinski definition) is 0. The molecule has 0 atom stereocenters. The Morgan fingerprint density at radius 3 is 2.83 bits per heavy atom. The lowest BCUT2D eigenvalue weighted by Gasteiger charge is -2.11. The van der Waals surface area contributed by atoms with Gasteiger partial charge in [0, 0.05) is 6.42 Å². The number of nitrogens with zero attached hydrogens (tertiary/aromatic N) is 4. The largest absolute Gasteiger partial charge is 0.451 e. The number of aryl methyl sites for hydroxylation is 1. The minimum absolute atomic E-state index is 0.342. The van der Waals surface area contributed by atoms with Crippen molar-refractivity contribution in [3.63, 3.8) is 0 Å². The van der Waals surface area contributed by atoms with Crippen LogP contribution >= 0.6 is 11.5 Å². The molecule has 0 saturated carbocycles. The van der Waals surface area contributed by atoms with E-state index in [4.69, 9.17) is 4.74 Å². The van der Waals surface area contributed by atoms with Gasteiger partial charge in [0.05, 0.1) is 18.0 Å². The third kappa shape index (κ3) is 3.48. The second-order valence-corrected chi connectivity index (χ2v) is 5.91. The fraction of sp³-hybridized carbons (Fsp3) is 0.312. The maximum atomic E-state index is 12.2. The Balaban J connectivity index is 1.58. The first-order valence-corrected chi connectivity index (χ1v) is 8.38. The van der Waals surface area contributed by atoms with E-state index in [-0.39, 0.29) is 12.5 Å². The van der Waals surface area contributed by atoms with E-state index in [2.05, 4.69) is 14.7 Å². The third-order valence-electron chi connectivity index (χ3n) is 3.60. The summed E-state index contributed by atoms with van der Waals surface area (Å²) in [6, 6.07) is 9.70. The number of benzene rings is 1. The van der Waals surface area contributed by atoms with Crippen molar-refractivity contribution >= 4 is 29.1 Å². The number of esters is 1. The minimum Gasteiger partial charge on any atom is -0.451 e. The van der Waals surface area contributed by atoms with Crippen LogP contribution in [0.5, 0.6) is 0 Å². The summed E-state index contributed by atoms with van der Waals surface area (Å²) in [5, 5.41) is 9.52. The first-order chi connectivity index (χ1) is 11.7. The Kier molecular flexibility index (Phi) is 4.95. The van der Waals surface area contributed by atoms with E-state index in [0.717, 1.165) is 22.8 Å². The van der Waals surface area contributed by atoms with E-state index >= 15 is 0 Å². The van der Waals surface area contributed by atoms with Gasteiger partial charge in [-0.3, -0.25) is 4.79 Å². The fourth-order valence-electron chi connectivity index (χ4n) is 2.33. The van der Waals surface area contributed by atoms with Gasteiger partial charge in [0.2, 0.25) is 0 Å². The number of amides is 1. The third-order valence-corrected chi connectivity index (χ3v) is 4.35. The van der Waals surface area contributed by atoms with Crippen molar-refractivity contribution < 1.29 is 14.3 Å². The van der Waals surface area contributed by atoms with Crippen LogP contribution in [0.25, 0.3) is 0 Å². The van der Waals surface area contributed by atoms with Crippen molar-refractivity contribution in [2.24, 2.45) is 5.10 Å². The predicted molar refractivity (Wildman–Crippen MR) is 88.9 cm³/mol. The Bertz CT molecular complexity index is 773. The molecule has 124 valence electrons. The average Bonchev–Trinajstić information content (AvgIpc) is 3.29. The van der Waals surface area contributed by atoms with E-state index < -0.39 is 5.97 Å². The van der Waals surface area contributed by atoms with Crippen LogP contribution in [0.4, 0.5) is 0 Å². The topological polar surface area (TPSA) is 84.8 Å². The summed E-state index contributed by atoms with van der Waals surface area (Å²) in [4.78, 5) is 24.5. The second kappa shape index (κ2) is 7.31. The zero-order chi connectivity index (χ0) is 16.9. The summed E-state index contributed by atoms with van der Waals surface area (Å²) in [5.74, 6) is -0.911. The molecule has 1 aliphatic heterocycles. The molecule has 0 unspecified atom stereocenters. The minimum atomic E-state index is -0.568. The van der Waals surface area contributed by atoms with Crippen molar-refractivity contribution in [2.45, 2.75) is 19.8 Å². The number of carbonyl (C=O) groups is 2. The Morgan fingerprint density at radius 2 is 2.08 bits per heavy atom. The zero-order valence-electron chi connectivity index (χ0n) is 13.1. The molecule has 0 saturated heterocycles. The Morgan fingerprint density at radius 1 is 1.29 bits per heavy atom. The summed E-state index contributed by atoms with van der Waals surface area (Å²) < 4.78 is 8.81. The van der Waals surface area contributed by atoms with Crippen LogP contribution in [-0.4, -0.2) is 45.3 Å². The van der Waals surface area contributed by atoms with Crippen LogP contribution in [0.3, 0.4) is 0 Å². The first kappa shape index (κ1) is 16.3. The van der Waals surface area contributed by atoms with E-state index in [1.165, 1.54) is 5.01 Å². The van der Waals surface area contributed by atoms with Gasteiger partial charge in [0.15, 0.2) is 11.5 Å². The van der Waals surface area contributed by atoms with Crippen molar-refractivity contribution in [3.8, 4) is 0 Å². The monoisotopic (exact) mass is 344 g/mol. The van der Waals surface area contributed by atoms with Gasteiger partial charge < -0.3 is 4.74 Å². The number of ether oxygens (including phenoxy) is 1. The number of aromatic nitrogens is 2. The van der Waals surface area contributed by atoms with Crippen LogP contribution in [0.15, 0.2) is 35.4 Å². The standard InChI is InChI=1S/C16H16N4O3S/c1-2-12-15(24-19-17-12)16(22)23-10-14(21)20-9-8-13(18-20)11-6-4-3-5-7-11/h3-7H,2,8-10H2,1H3. The maximum absolute atomic E-state index is 12.2. The molecule has 3 rings (SSSR count). The maximum Gasteiger partial charge on any atom is 0.352 e. The lowest BCUT2D eigenvalue weighted by atomic mass is 10.1. The summed E-state index contributed by atoms with van der Waals surface area (Å²) >= 11 is 0.976.